The number of hydrogen-bond donors (Lipinski definition) is 1. The van der Waals surface area contributed by atoms with Gasteiger partial charge in [-0.1, -0.05) is 60.2 Å². The van der Waals surface area contributed by atoms with E-state index in [1.165, 1.54) is 5.56 Å². The number of fused-ring (bicyclic) bond motifs is 1. The highest BCUT2D eigenvalue weighted by atomic mass is 16.1. The van der Waals surface area contributed by atoms with E-state index in [1.807, 2.05) is 63.2 Å². The van der Waals surface area contributed by atoms with Crippen LogP contribution < -0.4 is 5.32 Å². The summed E-state index contributed by atoms with van der Waals surface area (Å²) >= 11 is 0. The molecule has 1 aromatic heterocycles. The Balaban J connectivity index is 1.88. The van der Waals surface area contributed by atoms with Crippen LogP contribution in [0.4, 0.5) is 5.69 Å². The molecular formula is C26H24N2O. The predicted molar refractivity (Wildman–Crippen MR) is 121 cm³/mol. The van der Waals surface area contributed by atoms with Crippen LogP contribution in [-0.2, 0) is 0 Å². The van der Waals surface area contributed by atoms with E-state index in [4.69, 9.17) is 4.98 Å². The Morgan fingerprint density at radius 1 is 0.793 bits per heavy atom. The maximum atomic E-state index is 13.4. The quantitative estimate of drug-likeness (QED) is 0.447. The van der Waals surface area contributed by atoms with Crippen molar-refractivity contribution in [1.29, 1.82) is 0 Å². The van der Waals surface area contributed by atoms with Gasteiger partial charge in [-0.3, -0.25) is 4.79 Å². The van der Waals surface area contributed by atoms with Crippen molar-refractivity contribution in [3.8, 4) is 11.3 Å². The van der Waals surface area contributed by atoms with Crippen LogP contribution in [0.3, 0.4) is 0 Å². The number of rotatable bonds is 3. The molecule has 0 saturated heterocycles. The van der Waals surface area contributed by atoms with E-state index < -0.39 is 0 Å². The molecule has 0 aliphatic rings. The number of amides is 1. The Morgan fingerprint density at radius 2 is 1.52 bits per heavy atom. The molecule has 4 rings (SSSR count). The SMILES string of the molecule is Cc1ccc(-c2nc3ccccc3c(C(=O)Nc3cccc(C)c3C)c2C)cc1. The molecule has 0 aliphatic carbocycles. The van der Waals surface area contributed by atoms with Crippen LogP contribution in [0.15, 0.2) is 66.7 Å². The van der Waals surface area contributed by atoms with E-state index in [0.29, 0.717) is 5.56 Å². The first-order valence-electron chi connectivity index (χ1n) is 9.79. The summed E-state index contributed by atoms with van der Waals surface area (Å²) < 4.78 is 0. The van der Waals surface area contributed by atoms with Crippen LogP contribution in [0, 0.1) is 27.7 Å². The highest BCUT2D eigenvalue weighted by Gasteiger charge is 2.19. The number of pyridine rings is 1. The number of nitrogens with zero attached hydrogens (tertiary/aromatic N) is 1. The number of aryl methyl sites for hydroxylation is 2. The third kappa shape index (κ3) is 3.52. The van der Waals surface area contributed by atoms with Crippen molar-refractivity contribution in [2.24, 2.45) is 0 Å². The van der Waals surface area contributed by atoms with Crippen LogP contribution in [0.2, 0.25) is 0 Å². The first-order chi connectivity index (χ1) is 14.0. The normalized spacial score (nSPS) is 10.9. The summed E-state index contributed by atoms with van der Waals surface area (Å²) in [6.07, 6.45) is 0. The lowest BCUT2D eigenvalue weighted by Crippen LogP contribution is -2.16. The van der Waals surface area contributed by atoms with Gasteiger partial charge in [0.25, 0.3) is 5.91 Å². The van der Waals surface area contributed by atoms with Crippen LogP contribution in [-0.4, -0.2) is 10.9 Å². The molecule has 0 saturated carbocycles. The minimum Gasteiger partial charge on any atom is -0.322 e. The largest absolute Gasteiger partial charge is 0.322 e. The van der Waals surface area contributed by atoms with E-state index in [2.05, 4.69) is 36.5 Å². The van der Waals surface area contributed by atoms with Gasteiger partial charge >= 0.3 is 0 Å². The fourth-order valence-electron chi connectivity index (χ4n) is 3.66. The number of carbonyl (C=O) groups excluding carboxylic acids is 1. The summed E-state index contributed by atoms with van der Waals surface area (Å²) in [5.41, 5.74) is 8.50. The number of anilines is 1. The van der Waals surface area contributed by atoms with Crippen molar-refractivity contribution in [2.45, 2.75) is 27.7 Å². The summed E-state index contributed by atoms with van der Waals surface area (Å²) in [5.74, 6) is -0.108. The van der Waals surface area contributed by atoms with E-state index in [0.717, 1.165) is 44.5 Å². The van der Waals surface area contributed by atoms with E-state index in [1.54, 1.807) is 0 Å². The number of carbonyl (C=O) groups is 1. The summed E-state index contributed by atoms with van der Waals surface area (Å²) in [7, 11) is 0. The summed E-state index contributed by atoms with van der Waals surface area (Å²) in [6.45, 7) is 8.12. The Labute approximate surface area is 171 Å². The third-order valence-electron chi connectivity index (χ3n) is 5.54. The molecule has 3 nitrogen and oxygen atoms in total. The van der Waals surface area contributed by atoms with Crippen molar-refractivity contribution in [2.75, 3.05) is 5.32 Å². The van der Waals surface area contributed by atoms with Crippen LogP contribution in [0.25, 0.3) is 22.2 Å². The zero-order valence-electron chi connectivity index (χ0n) is 17.2. The second kappa shape index (κ2) is 7.51. The molecule has 0 aliphatic heterocycles. The molecule has 0 radical (unpaired) electrons. The predicted octanol–water partition coefficient (Wildman–Crippen LogP) is 6.39. The monoisotopic (exact) mass is 380 g/mol. The Kier molecular flexibility index (Phi) is 4.89. The molecule has 1 heterocycles. The molecule has 4 aromatic rings. The first-order valence-corrected chi connectivity index (χ1v) is 9.79. The van der Waals surface area contributed by atoms with Crippen LogP contribution >= 0.6 is 0 Å². The third-order valence-corrected chi connectivity index (χ3v) is 5.54. The maximum Gasteiger partial charge on any atom is 0.256 e. The van der Waals surface area contributed by atoms with Gasteiger partial charge in [0.2, 0.25) is 0 Å². The average molecular weight is 380 g/mol. The molecule has 3 heteroatoms. The Morgan fingerprint density at radius 3 is 2.28 bits per heavy atom. The van der Waals surface area contributed by atoms with Gasteiger partial charge in [0.1, 0.15) is 0 Å². The molecule has 1 N–H and O–H groups in total. The minimum absolute atomic E-state index is 0.108. The van der Waals surface area contributed by atoms with Gasteiger partial charge in [-0.25, -0.2) is 4.98 Å². The summed E-state index contributed by atoms with van der Waals surface area (Å²) in [6, 6.07) is 22.0. The average Bonchev–Trinajstić information content (AvgIpc) is 2.71. The lowest BCUT2D eigenvalue weighted by Gasteiger charge is -2.16. The zero-order chi connectivity index (χ0) is 20.5. The fourth-order valence-corrected chi connectivity index (χ4v) is 3.66. The summed E-state index contributed by atoms with van der Waals surface area (Å²) in [5, 5.41) is 3.99. The second-order valence-electron chi connectivity index (χ2n) is 7.55. The van der Waals surface area contributed by atoms with Crippen molar-refractivity contribution < 1.29 is 4.79 Å². The topological polar surface area (TPSA) is 42.0 Å². The molecular weight excluding hydrogens is 356 g/mol. The van der Waals surface area contributed by atoms with E-state index >= 15 is 0 Å². The lowest BCUT2D eigenvalue weighted by atomic mass is 9.96. The van der Waals surface area contributed by atoms with Gasteiger partial charge in [-0.05, 0) is 56.5 Å². The fraction of sp³-hybridized carbons (Fsp3) is 0.154. The van der Waals surface area contributed by atoms with Crippen LogP contribution in [0.1, 0.15) is 32.6 Å². The number of nitrogens with one attached hydrogen (secondary N) is 1. The van der Waals surface area contributed by atoms with Crippen molar-refractivity contribution in [1.82, 2.24) is 4.98 Å². The maximum absolute atomic E-state index is 13.4. The van der Waals surface area contributed by atoms with Gasteiger partial charge in [0.15, 0.2) is 0 Å². The molecule has 29 heavy (non-hydrogen) atoms. The van der Waals surface area contributed by atoms with Crippen molar-refractivity contribution in [3.05, 3.63) is 94.5 Å². The number of hydrogen-bond acceptors (Lipinski definition) is 2. The number of aromatic nitrogens is 1. The molecule has 0 bridgehead atoms. The second-order valence-corrected chi connectivity index (χ2v) is 7.55. The highest BCUT2D eigenvalue weighted by Crippen LogP contribution is 2.31. The van der Waals surface area contributed by atoms with Gasteiger partial charge in [-0.2, -0.15) is 0 Å². The zero-order valence-corrected chi connectivity index (χ0v) is 17.2. The minimum atomic E-state index is -0.108. The van der Waals surface area contributed by atoms with E-state index in [-0.39, 0.29) is 5.91 Å². The summed E-state index contributed by atoms with van der Waals surface area (Å²) in [4.78, 5) is 18.3. The lowest BCUT2D eigenvalue weighted by molar-refractivity contribution is 0.102. The molecule has 0 fully saturated rings. The highest BCUT2D eigenvalue weighted by molar-refractivity contribution is 6.14. The molecule has 144 valence electrons. The molecule has 0 unspecified atom stereocenters. The van der Waals surface area contributed by atoms with Gasteiger partial charge in [0, 0.05) is 16.6 Å². The van der Waals surface area contributed by atoms with Gasteiger partial charge in [0.05, 0.1) is 16.8 Å². The molecule has 0 spiro atoms. The van der Waals surface area contributed by atoms with E-state index in [9.17, 15) is 4.79 Å². The van der Waals surface area contributed by atoms with Gasteiger partial charge < -0.3 is 5.32 Å². The number of benzene rings is 3. The molecule has 1 amide bonds. The van der Waals surface area contributed by atoms with Crippen molar-refractivity contribution >= 4 is 22.5 Å². The van der Waals surface area contributed by atoms with Crippen molar-refractivity contribution in [3.63, 3.8) is 0 Å². The Hall–Kier alpha value is -3.46. The molecule has 0 atom stereocenters. The Bertz CT molecular complexity index is 1220. The molecule has 3 aromatic carbocycles. The number of para-hydroxylation sites is 1. The van der Waals surface area contributed by atoms with Gasteiger partial charge in [-0.15, -0.1) is 0 Å². The van der Waals surface area contributed by atoms with Crippen LogP contribution in [0.5, 0.6) is 0 Å². The smallest absolute Gasteiger partial charge is 0.256 e. The first kappa shape index (κ1) is 18.9. The standard InChI is InChI=1S/C26H24N2O/c1-16-12-14-20(15-13-16)25-19(4)24(21-9-5-6-10-23(21)27-25)26(29)28-22-11-7-8-17(2)18(22)3/h5-15H,1-4H3,(H,28,29).